The smallest absolute Gasteiger partial charge is 0.338 e. The van der Waals surface area contributed by atoms with Gasteiger partial charge in [0.2, 0.25) is 5.91 Å². The molecule has 0 bridgehead atoms. The zero-order chi connectivity index (χ0) is 14.9. The predicted octanol–water partition coefficient (Wildman–Crippen LogP) is 2.78. The standard InChI is InChI=1S/C15H20N2O3/c1-5-10-13(18)17-12-8-9(6-7-11(12)16-10)14(19)20-15(2,3)4/h6-8,10,16H,5H2,1-4H3,(H,17,18). The molecule has 5 nitrogen and oxygen atoms in total. The SMILES string of the molecule is CCC1Nc2ccc(C(=O)OC(C)(C)C)cc2NC1=O. The lowest BCUT2D eigenvalue weighted by atomic mass is 10.1. The van der Waals surface area contributed by atoms with E-state index in [0.29, 0.717) is 17.7 Å². The average Bonchev–Trinajstić information content (AvgIpc) is 2.35. The van der Waals surface area contributed by atoms with Crippen LogP contribution < -0.4 is 10.6 Å². The van der Waals surface area contributed by atoms with Crippen LogP contribution >= 0.6 is 0 Å². The second-order valence-corrected chi connectivity index (χ2v) is 5.86. The Balaban J connectivity index is 2.23. The van der Waals surface area contributed by atoms with Crippen LogP contribution in [-0.4, -0.2) is 23.5 Å². The molecule has 0 saturated heterocycles. The van der Waals surface area contributed by atoms with Crippen molar-refractivity contribution in [2.45, 2.75) is 45.8 Å². The van der Waals surface area contributed by atoms with Crippen LogP contribution in [-0.2, 0) is 9.53 Å². The zero-order valence-corrected chi connectivity index (χ0v) is 12.2. The molecule has 2 N–H and O–H groups in total. The van der Waals surface area contributed by atoms with E-state index in [9.17, 15) is 9.59 Å². The van der Waals surface area contributed by atoms with E-state index in [4.69, 9.17) is 4.74 Å². The Morgan fingerprint density at radius 1 is 1.30 bits per heavy atom. The van der Waals surface area contributed by atoms with Crippen LogP contribution in [0.3, 0.4) is 0 Å². The number of carbonyl (C=O) groups excluding carboxylic acids is 2. The first-order valence-electron chi connectivity index (χ1n) is 6.75. The zero-order valence-electron chi connectivity index (χ0n) is 12.2. The Morgan fingerprint density at radius 2 is 2.00 bits per heavy atom. The van der Waals surface area contributed by atoms with Gasteiger partial charge in [-0.05, 0) is 45.4 Å². The summed E-state index contributed by atoms with van der Waals surface area (Å²) in [7, 11) is 0. The lowest BCUT2D eigenvalue weighted by Crippen LogP contribution is -2.38. The van der Waals surface area contributed by atoms with Gasteiger partial charge in [-0.15, -0.1) is 0 Å². The van der Waals surface area contributed by atoms with Gasteiger partial charge in [-0.2, -0.15) is 0 Å². The van der Waals surface area contributed by atoms with Gasteiger partial charge in [0.1, 0.15) is 11.6 Å². The van der Waals surface area contributed by atoms with Gasteiger partial charge in [0.25, 0.3) is 0 Å². The molecule has 1 aliphatic heterocycles. The van der Waals surface area contributed by atoms with Crippen molar-refractivity contribution in [1.29, 1.82) is 0 Å². The highest BCUT2D eigenvalue weighted by atomic mass is 16.6. The summed E-state index contributed by atoms with van der Waals surface area (Å²) in [5.41, 5.74) is 1.32. The van der Waals surface area contributed by atoms with E-state index < -0.39 is 11.6 Å². The maximum Gasteiger partial charge on any atom is 0.338 e. The summed E-state index contributed by atoms with van der Waals surface area (Å²) >= 11 is 0. The molecule has 5 heteroatoms. The number of rotatable bonds is 2. The number of benzene rings is 1. The maximum absolute atomic E-state index is 12.0. The van der Waals surface area contributed by atoms with E-state index in [1.807, 2.05) is 27.7 Å². The van der Waals surface area contributed by atoms with Gasteiger partial charge < -0.3 is 15.4 Å². The fourth-order valence-electron chi connectivity index (χ4n) is 2.00. The van der Waals surface area contributed by atoms with Gasteiger partial charge in [-0.1, -0.05) is 6.92 Å². The third-order valence-corrected chi connectivity index (χ3v) is 2.97. The van der Waals surface area contributed by atoms with Gasteiger partial charge in [-0.25, -0.2) is 4.79 Å². The summed E-state index contributed by atoms with van der Waals surface area (Å²) in [6, 6.07) is 4.90. The Bertz CT molecular complexity index is 547. The van der Waals surface area contributed by atoms with Gasteiger partial charge in [0.15, 0.2) is 0 Å². The number of nitrogens with one attached hydrogen (secondary N) is 2. The number of hydrogen-bond donors (Lipinski definition) is 2. The summed E-state index contributed by atoms with van der Waals surface area (Å²) in [6.07, 6.45) is 0.707. The van der Waals surface area contributed by atoms with Crippen molar-refractivity contribution in [2.24, 2.45) is 0 Å². The molecule has 1 atom stereocenters. The number of carbonyl (C=O) groups is 2. The molecule has 20 heavy (non-hydrogen) atoms. The van der Waals surface area contributed by atoms with Crippen LogP contribution in [0.15, 0.2) is 18.2 Å². The highest BCUT2D eigenvalue weighted by Crippen LogP contribution is 2.29. The van der Waals surface area contributed by atoms with E-state index in [0.717, 1.165) is 5.69 Å². The number of ether oxygens (including phenoxy) is 1. The van der Waals surface area contributed by atoms with Crippen LogP contribution in [0.5, 0.6) is 0 Å². The summed E-state index contributed by atoms with van der Waals surface area (Å²) in [5, 5.41) is 5.96. The van der Waals surface area contributed by atoms with Crippen LogP contribution in [0.4, 0.5) is 11.4 Å². The molecule has 0 aromatic heterocycles. The largest absolute Gasteiger partial charge is 0.456 e. The summed E-state index contributed by atoms with van der Waals surface area (Å²) < 4.78 is 5.31. The number of esters is 1. The molecule has 1 amide bonds. The van der Waals surface area contributed by atoms with Crippen LogP contribution in [0, 0.1) is 0 Å². The minimum Gasteiger partial charge on any atom is -0.456 e. The van der Waals surface area contributed by atoms with Gasteiger partial charge >= 0.3 is 5.97 Å². The minimum atomic E-state index is -0.540. The van der Waals surface area contributed by atoms with Crippen molar-refractivity contribution >= 4 is 23.3 Å². The number of amides is 1. The normalized spacial score (nSPS) is 17.8. The molecule has 0 fully saturated rings. The third kappa shape index (κ3) is 3.10. The van der Waals surface area contributed by atoms with Crippen molar-refractivity contribution in [3.8, 4) is 0 Å². The first kappa shape index (κ1) is 14.4. The summed E-state index contributed by atoms with van der Waals surface area (Å²) in [6.45, 7) is 7.40. The van der Waals surface area contributed by atoms with E-state index in [1.54, 1.807) is 18.2 Å². The quantitative estimate of drug-likeness (QED) is 0.815. The van der Waals surface area contributed by atoms with Crippen LogP contribution in [0.2, 0.25) is 0 Å². The molecule has 1 unspecified atom stereocenters. The molecule has 1 aliphatic rings. The molecule has 108 valence electrons. The topological polar surface area (TPSA) is 67.4 Å². The Kier molecular flexibility index (Phi) is 3.70. The van der Waals surface area contributed by atoms with Crippen molar-refractivity contribution in [2.75, 3.05) is 10.6 Å². The van der Waals surface area contributed by atoms with Gasteiger partial charge in [-0.3, -0.25) is 4.79 Å². The minimum absolute atomic E-state index is 0.0821. The second-order valence-electron chi connectivity index (χ2n) is 5.86. The van der Waals surface area contributed by atoms with E-state index in [1.165, 1.54) is 0 Å². The number of anilines is 2. The Labute approximate surface area is 118 Å². The molecule has 1 aromatic rings. The Morgan fingerprint density at radius 3 is 2.60 bits per heavy atom. The van der Waals surface area contributed by atoms with Gasteiger partial charge in [0, 0.05) is 0 Å². The summed E-state index contributed by atoms with van der Waals surface area (Å²) in [5.74, 6) is -0.478. The molecule has 0 spiro atoms. The lowest BCUT2D eigenvalue weighted by molar-refractivity contribution is -0.117. The highest BCUT2D eigenvalue weighted by molar-refractivity contribution is 6.04. The van der Waals surface area contributed by atoms with E-state index in [2.05, 4.69) is 10.6 Å². The van der Waals surface area contributed by atoms with Crippen molar-refractivity contribution < 1.29 is 14.3 Å². The molecular weight excluding hydrogens is 256 g/mol. The van der Waals surface area contributed by atoms with Crippen molar-refractivity contribution in [3.63, 3.8) is 0 Å². The Hall–Kier alpha value is -2.04. The highest BCUT2D eigenvalue weighted by Gasteiger charge is 2.25. The molecule has 0 saturated carbocycles. The molecule has 1 heterocycles. The number of fused-ring (bicyclic) bond motifs is 1. The average molecular weight is 276 g/mol. The van der Waals surface area contributed by atoms with Crippen molar-refractivity contribution in [1.82, 2.24) is 0 Å². The monoisotopic (exact) mass is 276 g/mol. The van der Waals surface area contributed by atoms with Crippen molar-refractivity contribution in [3.05, 3.63) is 23.8 Å². The first-order chi connectivity index (χ1) is 9.30. The predicted molar refractivity (Wildman–Crippen MR) is 77.9 cm³/mol. The lowest BCUT2D eigenvalue weighted by Gasteiger charge is -2.26. The second kappa shape index (κ2) is 5.15. The molecule has 0 radical (unpaired) electrons. The first-order valence-corrected chi connectivity index (χ1v) is 6.75. The fourth-order valence-corrected chi connectivity index (χ4v) is 2.00. The molecule has 2 rings (SSSR count). The molecular formula is C15H20N2O3. The van der Waals surface area contributed by atoms with Crippen LogP contribution in [0.25, 0.3) is 0 Å². The van der Waals surface area contributed by atoms with E-state index in [-0.39, 0.29) is 11.9 Å². The molecule has 0 aliphatic carbocycles. The van der Waals surface area contributed by atoms with Crippen LogP contribution in [0.1, 0.15) is 44.5 Å². The van der Waals surface area contributed by atoms with E-state index >= 15 is 0 Å². The molecule has 1 aromatic carbocycles. The fraction of sp³-hybridized carbons (Fsp3) is 0.467. The maximum atomic E-state index is 12.0. The third-order valence-electron chi connectivity index (χ3n) is 2.97. The summed E-state index contributed by atoms with van der Waals surface area (Å²) in [4.78, 5) is 23.8. The number of hydrogen-bond acceptors (Lipinski definition) is 4. The van der Waals surface area contributed by atoms with Gasteiger partial charge in [0.05, 0.1) is 16.9 Å².